The van der Waals surface area contributed by atoms with Crippen molar-refractivity contribution in [1.29, 1.82) is 1.43 Å². The number of β-lactam (4-membered cyclic amide) rings is 3. The molecule has 0 radical (unpaired) electrons. The predicted octanol–water partition coefficient (Wildman–Crippen LogP) is 11.8. The number of imide groups is 2. The van der Waals surface area contributed by atoms with Crippen LogP contribution in [0.3, 0.4) is 0 Å². The van der Waals surface area contributed by atoms with E-state index >= 15 is 0 Å². The summed E-state index contributed by atoms with van der Waals surface area (Å²) in [6.45, 7) is 30.5. The molecule has 5 aliphatic rings. The Hall–Kier alpha value is -4.61. The van der Waals surface area contributed by atoms with Crippen LogP contribution in [0.2, 0.25) is 36.3 Å². The van der Waals surface area contributed by atoms with E-state index < -0.39 is 95.3 Å². The third kappa shape index (κ3) is 25.8. The molecule has 5 N–H and O–H groups in total. The van der Waals surface area contributed by atoms with E-state index in [0.717, 1.165) is 16.0 Å². The number of aliphatic carboxylic acids is 1. The second-order valence-electron chi connectivity index (χ2n) is 25.1. The van der Waals surface area contributed by atoms with Crippen molar-refractivity contribution in [3.63, 3.8) is 0 Å². The van der Waals surface area contributed by atoms with Crippen molar-refractivity contribution in [1.82, 2.24) is 25.8 Å². The second kappa shape index (κ2) is 37.0. The number of hydrogen-bond donors (Lipinski definition) is 6. The SMILES string of the molecule is C.CC(=O)N1C(=O)OC[C@@H]1c1ccccc1.CC(=O)O[C@H]1NC(=O)C1[C@@H](C)O[Si](C)(C)C(C)(C)C.C[C@@H](O[Si](C)(C)C(C)(C)C)C1C(=O)N[C@@H]1CC(=O)N1C(=O)OC[C@@H]1c1ccccc1.SCOCc1ccccc1.[3H]O[C@H](C)C1C(=O)N[C@@H]1CC(=O)O.[Cl][Ti]([Cl])([Cl])[Cl]. The molecule has 0 saturated carbocycles. The summed E-state index contributed by atoms with van der Waals surface area (Å²) < 4.78 is 39.3. The zero-order valence-electron chi connectivity index (χ0n) is 55.1. The molecule has 3 unspecified atom stereocenters. The molecule has 0 bridgehead atoms. The number of carbonyl (C=O) groups excluding carboxylic acids is 8. The number of thiol groups is 1. The quantitative estimate of drug-likeness (QED) is 0.0172. The number of carbonyl (C=O) groups is 9. The molecule has 3 aromatic rings. The molecule has 5 saturated heterocycles. The third-order valence-corrected chi connectivity index (χ3v) is 25.5. The molecular formula is C62H93Cl4N5O17SSi2Ti. The number of aliphatic hydroxyl groups excluding tert-OH is 1. The molecule has 3 aromatic carbocycles. The van der Waals surface area contributed by atoms with Gasteiger partial charge < -0.3 is 54.0 Å². The molecular weight excluding hydrogens is 1360 g/mol. The van der Waals surface area contributed by atoms with Gasteiger partial charge in [0.05, 0.1) is 61.2 Å². The number of aliphatic hydroxyl groups is 1. The molecule has 5 fully saturated rings. The van der Waals surface area contributed by atoms with E-state index in [1.807, 2.05) is 105 Å². The van der Waals surface area contributed by atoms with Gasteiger partial charge in [0.15, 0.2) is 22.9 Å². The summed E-state index contributed by atoms with van der Waals surface area (Å²) in [5, 5.41) is 20.7. The van der Waals surface area contributed by atoms with Crippen LogP contribution in [0, 0.1) is 17.8 Å². The monoisotopic (exact) mass is 1460 g/mol. The van der Waals surface area contributed by atoms with Crippen LogP contribution in [-0.2, 0) is 80.3 Å². The molecule has 514 valence electrons. The topological polar surface area (TPSA) is 292 Å². The first-order chi connectivity index (χ1) is 42.6. The Morgan fingerprint density at radius 1 is 0.663 bits per heavy atom. The van der Waals surface area contributed by atoms with Gasteiger partial charge in [-0.3, -0.25) is 33.6 Å². The van der Waals surface area contributed by atoms with E-state index in [1.54, 1.807) is 6.92 Å². The Labute approximate surface area is 569 Å². The van der Waals surface area contributed by atoms with Gasteiger partial charge in [0.2, 0.25) is 31.0 Å². The van der Waals surface area contributed by atoms with E-state index in [1.165, 1.54) is 24.3 Å². The first-order valence-electron chi connectivity index (χ1n) is 29.8. The number of esters is 1. The minimum absolute atomic E-state index is 0. The number of amides is 7. The maximum absolute atomic E-state index is 13.0. The number of carboxylic acid groups (broad SMARTS) is 1. The van der Waals surface area contributed by atoms with E-state index in [4.69, 9.17) is 71.6 Å². The fraction of sp³-hybridized carbons (Fsp3) is 0.565. The van der Waals surface area contributed by atoms with Crippen LogP contribution in [0.15, 0.2) is 91.0 Å². The number of cyclic esters (lactones) is 2. The molecule has 0 spiro atoms. The molecule has 22 nitrogen and oxygen atoms in total. The maximum atomic E-state index is 13.0. The van der Waals surface area contributed by atoms with Gasteiger partial charge in [0, 0.05) is 20.3 Å². The third-order valence-electron chi connectivity index (χ3n) is 16.1. The van der Waals surface area contributed by atoms with Crippen LogP contribution < -0.4 is 16.0 Å². The van der Waals surface area contributed by atoms with Crippen LogP contribution in [0.1, 0.15) is 125 Å². The van der Waals surface area contributed by atoms with Gasteiger partial charge in [0.1, 0.15) is 31.2 Å². The average Bonchev–Trinajstić information content (AvgIpc) is 0.827. The molecule has 7 amide bonds. The van der Waals surface area contributed by atoms with Crippen LogP contribution in [0.25, 0.3) is 0 Å². The number of benzene rings is 3. The van der Waals surface area contributed by atoms with Gasteiger partial charge in [-0.15, -0.1) is 0 Å². The van der Waals surface area contributed by atoms with Crippen molar-refractivity contribution in [3.8, 4) is 0 Å². The fourth-order valence-corrected chi connectivity index (χ4v) is 12.4. The Morgan fingerprint density at radius 2 is 1.05 bits per heavy atom. The number of nitrogens with one attached hydrogen (secondary N) is 3. The molecule has 30 heteroatoms. The number of ether oxygens (including phenoxy) is 4. The summed E-state index contributed by atoms with van der Waals surface area (Å²) in [6.07, 6.45) is -2.93. The Bertz CT molecular complexity index is 2950. The molecule has 11 atom stereocenters. The summed E-state index contributed by atoms with van der Waals surface area (Å²) in [6, 6.07) is 27.3. The number of nitrogens with zero attached hydrogens (tertiary/aromatic N) is 2. The van der Waals surface area contributed by atoms with Crippen LogP contribution in [0.5, 0.6) is 0 Å². The first kappa shape index (κ1) is 81.6. The van der Waals surface area contributed by atoms with Gasteiger partial charge in [-0.1, -0.05) is 140 Å². The number of carboxylic acids is 1. The molecule has 0 aliphatic carbocycles. The fourth-order valence-electron chi connectivity index (χ4n) is 9.41. The van der Waals surface area contributed by atoms with E-state index in [2.05, 4.69) is 101 Å². The minimum atomic E-state index is -3.11. The van der Waals surface area contributed by atoms with Crippen molar-refractivity contribution in [2.24, 2.45) is 17.8 Å². The Kier molecular flexibility index (Phi) is 32.9. The van der Waals surface area contributed by atoms with Gasteiger partial charge >= 0.3 is 73.7 Å². The Balaban J connectivity index is 0.000000407. The van der Waals surface area contributed by atoms with E-state index in [9.17, 15) is 43.2 Å². The van der Waals surface area contributed by atoms with E-state index in [0.29, 0.717) is 12.5 Å². The summed E-state index contributed by atoms with van der Waals surface area (Å²) >= 11 is 0.818. The van der Waals surface area contributed by atoms with Crippen LogP contribution in [-0.4, -0.2) is 148 Å². The zero-order valence-corrected chi connectivity index (χ0v) is 61.6. The van der Waals surface area contributed by atoms with Crippen molar-refractivity contribution >= 4 is 120 Å². The number of hydrogen-bond acceptors (Lipinski definition) is 17. The molecule has 5 aliphatic heterocycles. The molecule has 8 rings (SSSR count). The van der Waals surface area contributed by atoms with Gasteiger partial charge in [0.25, 0.3) is 0 Å². The summed E-state index contributed by atoms with van der Waals surface area (Å²) in [4.78, 5) is 106. The normalized spacial score (nSPS) is 22.6. The summed E-state index contributed by atoms with van der Waals surface area (Å²) in [5.74, 6) is -3.29. The van der Waals surface area contributed by atoms with Crippen molar-refractivity contribution in [2.75, 3.05) is 19.2 Å². The Morgan fingerprint density at radius 3 is 1.42 bits per heavy atom. The van der Waals surface area contributed by atoms with Crippen molar-refractivity contribution in [2.45, 2.75) is 188 Å². The van der Waals surface area contributed by atoms with Crippen LogP contribution >= 0.6 is 49.8 Å². The van der Waals surface area contributed by atoms with E-state index in [-0.39, 0.29) is 97.4 Å². The molecule has 5 heterocycles. The zero-order chi connectivity index (χ0) is 69.9. The van der Waals surface area contributed by atoms with Gasteiger partial charge in [-0.2, -0.15) is 12.6 Å². The second-order valence-corrected chi connectivity index (χ2v) is 50.3. The summed E-state index contributed by atoms with van der Waals surface area (Å²) in [5.41, 5.74) is 2.95. The predicted molar refractivity (Wildman–Crippen MR) is 358 cm³/mol. The van der Waals surface area contributed by atoms with Crippen LogP contribution in [0.4, 0.5) is 9.59 Å². The average molecular weight is 1460 g/mol. The van der Waals surface area contributed by atoms with Gasteiger partial charge in [-0.05, 0) is 73.7 Å². The number of halogens is 4. The van der Waals surface area contributed by atoms with Crippen molar-refractivity contribution in [3.05, 3.63) is 108 Å². The van der Waals surface area contributed by atoms with Crippen molar-refractivity contribution < 1.29 is 93.5 Å². The van der Waals surface area contributed by atoms with Gasteiger partial charge in [-0.25, -0.2) is 19.4 Å². The summed E-state index contributed by atoms with van der Waals surface area (Å²) in [7, 11) is 16.1. The standard InChI is InChI=1S/C22H32N2O5Si.C13H25NO4Si.C11H11NO3.C8H10OS.C7H11NO4.CH4.4ClH.Ti/c1-14(29-30(5,6)22(2,3)4)19-16(23-20(19)26)12-18(25)24-17(13-28-21(24)27)15-10-8-7-9-11-15;1-8(18-19(6,7)13(3,4)5)10-11(16)14-12(10)17-9(2)15;1-8(13)12-10(7-15-11(12)14)9-5-3-2-4-6-9;10-7-9-6-8-4-2-1-3-5-8;1-3(9)6-4(2-5(10)11)8-7(6)12;;;;;;/h7-11,14,16-17,19H,12-13H2,1-6H3,(H,23,26);8,10,12H,1-7H3,(H,14,16);2-6,10H,7H2,1H3;1-5,10H,6-7H2;3-4,6,9H,2H2,1H3,(H,8,12)(H,10,11);1H4;4*1H;/q;;;;;;;;;;+4/p-4/t14-,16-,17-,19?;8-,10?,12-;10-;;3-,4-,6?;;;;;;/m111.1....../s1/i;;;;9T;;;;;;. The molecule has 0 aromatic heterocycles. The molecule has 92 heavy (non-hydrogen) atoms. The number of rotatable bonds is 18. The first-order valence-corrected chi connectivity index (χ1v) is 44.4.